The normalized spacial score (nSPS) is 10.8. The van der Waals surface area contributed by atoms with Gasteiger partial charge in [-0.2, -0.15) is 0 Å². The van der Waals surface area contributed by atoms with Crippen LogP contribution < -0.4 is 10.1 Å². The minimum atomic E-state index is 0.210. The van der Waals surface area contributed by atoms with Crippen molar-refractivity contribution in [2.24, 2.45) is 0 Å². The van der Waals surface area contributed by atoms with Crippen molar-refractivity contribution in [3.63, 3.8) is 0 Å². The van der Waals surface area contributed by atoms with Crippen molar-refractivity contribution in [2.75, 3.05) is 12.4 Å². The van der Waals surface area contributed by atoms with E-state index in [9.17, 15) is 5.11 Å². The van der Waals surface area contributed by atoms with Crippen molar-refractivity contribution >= 4 is 17.2 Å². The molecule has 0 fully saturated rings. The van der Waals surface area contributed by atoms with Crippen LogP contribution in [0, 0.1) is 0 Å². The largest absolute Gasteiger partial charge is 0.508 e. The Labute approximate surface area is 145 Å². The number of fused-ring (bicyclic) bond motifs is 1. The maximum atomic E-state index is 9.83. The van der Waals surface area contributed by atoms with Gasteiger partial charge in [0.15, 0.2) is 0 Å². The van der Waals surface area contributed by atoms with Gasteiger partial charge in [0.25, 0.3) is 0 Å². The van der Waals surface area contributed by atoms with E-state index in [1.807, 2.05) is 65.2 Å². The number of hydrogen-bond acceptors (Lipinski definition) is 4. The standard InChI is InChI=1S/C20H17N3O2/c1-25-17-9-5-7-15(13-17)21-20-19(14-6-4-8-16(24)12-14)22-18-10-2-3-11-23(18)20/h2-13,21,24H,1H3. The van der Waals surface area contributed by atoms with Crippen molar-refractivity contribution in [1.29, 1.82) is 0 Å². The number of imidazole rings is 1. The molecular formula is C20H17N3O2. The number of aromatic hydroxyl groups is 1. The maximum Gasteiger partial charge on any atom is 0.143 e. The second-order valence-electron chi connectivity index (χ2n) is 5.65. The van der Waals surface area contributed by atoms with E-state index < -0.39 is 0 Å². The van der Waals surface area contributed by atoms with Gasteiger partial charge >= 0.3 is 0 Å². The van der Waals surface area contributed by atoms with Crippen LogP contribution in [0.1, 0.15) is 0 Å². The molecule has 0 bridgehead atoms. The quantitative estimate of drug-likeness (QED) is 0.580. The molecule has 4 aromatic rings. The van der Waals surface area contributed by atoms with E-state index in [1.165, 1.54) is 0 Å². The summed E-state index contributed by atoms with van der Waals surface area (Å²) in [6.45, 7) is 0. The molecule has 0 amide bonds. The lowest BCUT2D eigenvalue weighted by molar-refractivity contribution is 0.415. The molecule has 5 nitrogen and oxygen atoms in total. The molecule has 0 atom stereocenters. The fourth-order valence-corrected chi connectivity index (χ4v) is 2.81. The number of ether oxygens (including phenoxy) is 1. The molecule has 5 heteroatoms. The maximum absolute atomic E-state index is 9.83. The Bertz CT molecular complexity index is 1040. The van der Waals surface area contributed by atoms with E-state index in [2.05, 4.69) is 5.32 Å². The van der Waals surface area contributed by atoms with Gasteiger partial charge in [-0.05, 0) is 36.4 Å². The molecule has 124 valence electrons. The highest BCUT2D eigenvalue weighted by Gasteiger charge is 2.14. The molecule has 0 aliphatic heterocycles. The van der Waals surface area contributed by atoms with Crippen LogP contribution in [-0.2, 0) is 0 Å². The van der Waals surface area contributed by atoms with Crippen LogP contribution >= 0.6 is 0 Å². The number of nitrogens with one attached hydrogen (secondary N) is 1. The number of benzene rings is 2. The molecule has 2 heterocycles. The smallest absolute Gasteiger partial charge is 0.143 e. The lowest BCUT2D eigenvalue weighted by Gasteiger charge is -2.10. The lowest BCUT2D eigenvalue weighted by Crippen LogP contribution is -1.97. The molecule has 0 saturated carbocycles. The number of pyridine rings is 1. The van der Waals surface area contributed by atoms with Gasteiger partial charge in [0.1, 0.15) is 28.7 Å². The fourth-order valence-electron chi connectivity index (χ4n) is 2.81. The van der Waals surface area contributed by atoms with E-state index in [0.29, 0.717) is 0 Å². The van der Waals surface area contributed by atoms with Crippen molar-refractivity contribution in [1.82, 2.24) is 9.38 Å². The summed E-state index contributed by atoms with van der Waals surface area (Å²) in [6.07, 6.45) is 1.96. The Balaban J connectivity index is 1.87. The predicted molar refractivity (Wildman–Crippen MR) is 98.6 cm³/mol. The molecule has 0 unspecified atom stereocenters. The summed E-state index contributed by atoms with van der Waals surface area (Å²) in [5.41, 5.74) is 3.33. The number of hydrogen-bond donors (Lipinski definition) is 2. The van der Waals surface area contributed by atoms with Gasteiger partial charge in [-0.3, -0.25) is 4.40 Å². The first-order chi connectivity index (χ1) is 12.2. The molecule has 2 aromatic heterocycles. The Morgan fingerprint density at radius 3 is 2.72 bits per heavy atom. The number of aromatic nitrogens is 2. The highest BCUT2D eigenvalue weighted by atomic mass is 16.5. The summed E-state index contributed by atoms with van der Waals surface area (Å²) in [7, 11) is 1.64. The molecule has 0 radical (unpaired) electrons. The monoisotopic (exact) mass is 331 g/mol. The number of methoxy groups -OCH3 is 1. The molecule has 0 spiro atoms. The molecule has 0 aliphatic rings. The van der Waals surface area contributed by atoms with E-state index in [0.717, 1.165) is 34.2 Å². The predicted octanol–water partition coefficient (Wildman–Crippen LogP) is 4.46. The van der Waals surface area contributed by atoms with Crippen LogP contribution in [-0.4, -0.2) is 21.6 Å². The minimum absolute atomic E-state index is 0.210. The minimum Gasteiger partial charge on any atom is -0.508 e. The van der Waals surface area contributed by atoms with Gasteiger partial charge in [0.05, 0.1) is 7.11 Å². The molecule has 0 saturated heterocycles. The fraction of sp³-hybridized carbons (Fsp3) is 0.0500. The zero-order valence-electron chi connectivity index (χ0n) is 13.7. The third-order valence-corrected chi connectivity index (χ3v) is 3.98. The zero-order valence-corrected chi connectivity index (χ0v) is 13.7. The second-order valence-corrected chi connectivity index (χ2v) is 5.65. The lowest BCUT2D eigenvalue weighted by atomic mass is 10.1. The Hall–Kier alpha value is -3.47. The molecular weight excluding hydrogens is 314 g/mol. The molecule has 0 aliphatic carbocycles. The Morgan fingerprint density at radius 2 is 1.88 bits per heavy atom. The highest BCUT2D eigenvalue weighted by molar-refractivity contribution is 5.80. The van der Waals surface area contributed by atoms with Crippen molar-refractivity contribution in [3.05, 3.63) is 72.9 Å². The SMILES string of the molecule is COc1cccc(Nc2c(-c3cccc(O)c3)nc3ccccn23)c1. The van der Waals surface area contributed by atoms with Gasteiger partial charge < -0.3 is 15.2 Å². The van der Waals surface area contributed by atoms with Gasteiger partial charge in [-0.25, -0.2) is 4.98 Å². The van der Waals surface area contributed by atoms with Crippen molar-refractivity contribution in [2.45, 2.75) is 0 Å². The van der Waals surface area contributed by atoms with Gasteiger partial charge in [-0.15, -0.1) is 0 Å². The summed E-state index contributed by atoms with van der Waals surface area (Å²) >= 11 is 0. The highest BCUT2D eigenvalue weighted by Crippen LogP contribution is 2.33. The molecule has 25 heavy (non-hydrogen) atoms. The van der Waals surface area contributed by atoms with Crippen LogP contribution in [0.5, 0.6) is 11.5 Å². The summed E-state index contributed by atoms with van der Waals surface area (Å²) < 4.78 is 7.28. The Morgan fingerprint density at radius 1 is 1.00 bits per heavy atom. The van der Waals surface area contributed by atoms with E-state index in [1.54, 1.807) is 19.2 Å². The summed E-state index contributed by atoms with van der Waals surface area (Å²) in [4.78, 5) is 4.72. The van der Waals surface area contributed by atoms with Crippen LogP contribution in [0.25, 0.3) is 16.9 Å². The van der Waals surface area contributed by atoms with E-state index in [4.69, 9.17) is 9.72 Å². The zero-order chi connectivity index (χ0) is 17.2. The summed E-state index contributed by atoms with van der Waals surface area (Å²) in [5, 5.41) is 13.3. The van der Waals surface area contributed by atoms with Crippen LogP contribution in [0.2, 0.25) is 0 Å². The summed E-state index contributed by atoms with van der Waals surface area (Å²) in [5.74, 6) is 1.81. The first-order valence-corrected chi connectivity index (χ1v) is 7.92. The average molecular weight is 331 g/mol. The number of phenols is 1. The van der Waals surface area contributed by atoms with Gasteiger partial charge in [0, 0.05) is 23.5 Å². The van der Waals surface area contributed by atoms with Crippen molar-refractivity contribution in [3.8, 4) is 22.8 Å². The third-order valence-electron chi connectivity index (χ3n) is 3.98. The topological polar surface area (TPSA) is 58.8 Å². The summed E-state index contributed by atoms with van der Waals surface area (Å²) in [6, 6.07) is 20.7. The molecule has 2 N–H and O–H groups in total. The number of phenolic OH excluding ortho intramolecular Hbond substituents is 1. The molecule has 4 rings (SSSR count). The first kappa shape index (κ1) is 15.1. The van der Waals surface area contributed by atoms with E-state index in [-0.39, 0.29) is 5.75 Å². The van der Waals surface area contributed by atoms with Gasteiger partial charge in [-0.1, -0.05) is 24.3 Å². The average Bonchev–Trinajstić information content (AvgIpc) is 3.01. The van der Waals surface area contributed by atoms with Crippen LogP contribution in [0.4, 0.5) is 11.5 Å². The number of nitrogens with zero attached hydrogens (tertiary/aromatic N) is 2. The third kappa shape index (κ3) is 2.87. The van der Waals surface area contributed by atoms with E-state index >= 15 is 0 Å². The van der Waals surface area contributed by atoms with Gasteiger partial charge in [0.2, 0.25) is 0 Å². The van der Waals surface area contributed by atoms with Crippen LogP contribution in [0.15, 0.2) is 72.9 Å². The number of rotatable bonds is 4. The number of anilines is 2. The second kappa shape index (κ2) is 6.20. The Kier molecular flexibility index (Phi) is 3.74. The first-order valence-electron chi connectivity index (χ1n) is 7.92. The van der Waals surface area contributed by atoms with Crippen molar-refractivity contribution < 1.29 is 9.84 Å². The van der Waals surface area contributed by atoms with Crippen LogP contribution in [0.3, 0.4) is 0 Å². The molecule has 2 aromatic carbocycles.